The van der Waals surface area contributed by atoms with E-state index in [4.69, 9.17) is 4.74 Å². The molecule has 32 heavy (non-hydrogen) atoms. The van der Waals surface area contributed by atoms with Crippen molar-refractivity contribution in [1.82, 2.24) is 5.43 Å². The van der Waals surface area contributed by atoms with E-state index in [0.29, 0.717) is 15.8 Å². The zero-order valence-electron chi connectivity index (χ0n) is 18.1. The second-order valence-corrected chi connectivity index (χ2v) is 8.26. The van der Waals surface area contributed by atoms with Crippen molar-refractivity contribution in [2.45, 2.75) is 20.8 Å². The molecular weight excluding hydrogens is 470 g/mol. The molecule has 0 saturated carbocycles. The van der Waals surface area contributed by atoms with Crippen LogP contribution in [0.25, 0.3) is 0 Å². The average Bonchev–Trinajstić information content (AvgIpc) is 2.76. The summed E-state index contributed by atoms with van der Waals surface area (Å²) in [4.78, 5) is 24.4. The van der Waals surface area contributed by atoms with Gasteiger partial charge in [0.25, 0.3) is 11.8 Å². The van der Waals surface area contributed by atoms with Crippen molar-refractivity contribution in [1.29, 1.82) is 0 Å². The lowest BCUT2D eigenvalue weighted by atomic mass is 10.1. The molecule has 0 atom stereocenters. The SMILES string of the molecule is Cc1ccc(C(=O)N/N=C/c2ccc(OCC(=O)Nc3cc(C)ccc3C)c(Br)c2)cc1. The molecule has 2 amide bonds. The quantitative estimate of drug-likeness (QED) is 0.352. The van der Waals surface area contributed by atoms with Crippen molar-refractivity contribution < 1.29 is 14.3 Å². The van der Waals surface area contributed by atoms with E-state index in [-0.39, 0.29) is 18.4 Å². The van der Waals surface area contributed by atoms with Crippen LogP contribution in [0.5, 0.6) is 5.75 Å². The highest BCUT2D eigenvalue weighted by molar-refractivity contribution is 9.10. The van der Waals surface area contributed by atoms with Gasteiger partial charge in [-0.2, -0.15) is 5.10 Å². The summed E-state index contributed by atoms with van der Waals surface area (Å²) in [6, 6.07) is 18.4. The van der Waals surface area contributed by atoms with Gasteiger partial charge < -0.3 is 10.1 Å². The molecule has 0 unspecified atom stereocenters. The van der Waals surface area contributed by atoms with E-state index in [2.05, 4.69) is 31.8 Å². The van der Waals surface area contributed by atoms with Crippen molar-refractivity contribution in [2.75, 3.05) is 11.9 Å². The van der Waals surface area contributed by atoms with Crippen LogP contribution < -0.4 is 15.5 Å². The number of rotatable bonds is 7. The van der Waals surface area contributed by atoms with Gasteiger partial charge in [-0.1, -0.05) is 29.8 Å². The summed E-state index contributed by atoms with van der Waals surface area (Å²) in [7, 11) is 0. The van der Waals surface area contributed by atoms with Gasteiger partial charge in [-0.3, -0.25) is 9.59 Å². The number of anilines is 1. The van der Waals surface area contributed by atoms with Gasteiger partial charge in [-0.25, -0.2) is 5.43 Å². The lowest BCUT2D eigenvalue weighted by Crippen LogP contribution is -2.20. The average molecular weight is 494 g/mol. The Labute approximate surface area is 195 Å². The minimum atomic E-state index is -0.282. The first-order valence-corrected chi connectivity index (χ1v) is 10.8. The van der Waals surface area contributed by atoms with Crippen molar-refractivity contribution in [2.24, 2.45) is 5.10 Å². The minimum absolute atomic E-state index is 0.119. The third kappa shape index (κ3) is 6.52. The van der Waals surface area contributed by atoms with Gasteiger partial charge in [0.05, 0.1) is 10.7 Å². The molecule has 164 valence electrons. The fourth-order valence-corrected chi connectivity index (χ4v) is 3.36. The number of carbonyl (C=O) groups excluding carboxylic acids is 2. The Kier molecular flexibility index (Phi) is 7.78. The van der Waals surface area contributed by atoms with Gasteiger partial charge >= 0.3 is 0 Å². The number of ether oxygens (including phenoxy) is 1. The fourth-order valence-electron chi connectivity index (χ4n) is 2.85. The Morgan fingerprint density at radius 1 is 0.969 bits per heavy atom. The summed E-state index contributed by atoms with van der Waals surface area (Å²) in [5.41, 5.74) is 7.72. The lowest BCUT2D eigenvalue weighted by Gasteiger charge is -2.11. The molecule has 3 rings (SSSR count). The minimum Gasteiger partial charge on any atom is -0.483 e. The van der Waals surface area contributed by atoms with Crippen LogP contribution in [0.4, 0.5) is 5.69 Å². The van der Waals surface area contributed by atoms with Gasteiger partial charge in [-0.15, -0.1) is 0 Å². The third-order valence-electron chi connectivity index (χ3n) is 4.68. The Morgan fingerprint density at radius 2 is 1.69 bits per heavy atom. The first-order chi connectivity index (χ1) is 15.3. The van der Waals surface area contributed by atoms with Gasteiger partial charge in [0.15, 0.2) is 6.61 Å². The monoisotopic (exact) mass is 493 g/mol. The zero-order valence-corrected chi connectivity index (χ0v) is 19.7. The summed E-state index contributed by atoms with van der Waals surface area (Å²) >= 11 is 3.44. The molecule has 0 heterocycles. The predicted octanol–water partition coefficient (Wildman–Crippen LogP) is 5.16. The number of hydrogen-bond acceptors (Lipinski definition) is 4. The van der Waals surface area contributed by atoms with E-state index >= 15 is 0 Å². The van der Waals surface area contributed by atoms with Crippen molar-refractivity contribution in [3.05, 3.63) is 93.0 Å². The highest BCUT2D eigenvalue weighted by Crippen LogP contribution is 2.25. The molecule has 3 aromatic rings. The third-order valence-corrected chi connectivity index (χ3v) is 5.30. The summed E-state index contributed by atoms with van der Waals surface area (Å²) in [6.07, 6.45) is 1.54. The van der Waals surface area contributed by atoms with Crippen LogP contribution in [-0.4, -0.2) is 24.6 Å². The van der Waals surface area contributed by atoms with Crippen LogP contribution in [0.1, 0.15) is 32.6 Å². The molecule has 0 aromatic heterocycles. The number of halogens is 1. The van der Waals surface area contributed by atoms with Crippen LogP contribution in [0.2, 0.25) is 0 Å². The number of nitrogens with zero attached hydrogens (tertiary/aromatic N) is 1. The number of carbonyl (C=O) groups is 2. The van der Waals surface area contributed by atoms with Crippen LogP contribution in [0, 0.1) is 20.8 Å². The van der Waals surface area contributed by atoms with E-state index in [9.17, 15) is 9.59 Å². The van der Waals surface area contributed by atoms with Crippen molar-refractivity contribution in [3.8, 4) is 5.75 Å². The van der Waals surface area contributed by atoms with Crippen molar-refractivity contribution in [3.63, 3.8) is 0 Å². The van der Waals surface area contributed by atoms with Crippen LogP contribution >= 0.6 is 15.9 Å². The predicted molar refractivity (Wildman–Crippen MR) is 130 cm³/mol. The standard InChI is InChI=1S/C25H24BrN3O3/c1-16-5-9-20(10-6-16)25(31)29-27-14-19-8-11-23(21(26)13-19)32-15-24(30)28-22-12-17(2)4-7-18(22)3/h4-14H,15H2,1-3H3,(H,28,30)(H,29,31)/b27-14+. The molecule has 0 saturated heterocycles. The summed E-state index contributed by atoms with van der Waals surface area (Å²) in [6.45, 7) is 5.76. The molecule has 0 spiro atoms. The number of aryl methyl sites for hydroxylation is 3. The first kappa shape index (κ1) is 23.2. The molecule has 6 nitrogen and oxygen atoms in total. The highest BCUT2D eigenvalue weighted by atomic mass is 79.9. The maximum atomic E-state index is 12.3. The van der Waals surface area contributed by atoms with E-state index in [0.717, 1.165) is 27.9 Å². The van der Waals surface area contributed by atoms with Crippen molar-refractivity contribution >= 4 is 39.6 Å². The Hall–Kier alpha value is -3.45. The molecule has 0 aliphatic carbocycles. The van der Waals surface area contributed by atoms with Crippen LogP contribution in [0.15, 0.2) is 70.2 Å². The topological polar surface area (TPSA) is 79.8 Å². The van der Waals surface area contributed by atoms with Gasteiger partial charge in [0.2, 0.25) is 0 Å². The molecule has 0 radical (unpaired) electrons. The highest BCUT2D eigenvalue weighted by Gasteiger charge is 2.09. The maximum absolute atomic E-state index is 12.3. The molecule has 0 aliphatic rings. The van der Waals surface area contributed by atoms with Crippen LogP contribution in [-0.2, 0) is 4.79 Å². The molecule has 0 bridgehead atoms. The van der Waals surface area contributed by atoms with Crippen LogP contribution in [0.3, 0.4) is 0 Å². The molecule has 0 aliphatic heterocycles. The summed E-state index contributed by atoms with van der Waals surface area (Å²) < 4.78 is 6.30. The van der Waals surface area contributed by atoms with E-state index in [1.807, 2.05) is 51.1 Å². The molecular formula is C25H24BrN3O3. The Morgan fingerprint density at radius 3 is 2.41 bits per heavy atom. The van der Waals surface area contributed by atoms with Gasteiger partial charge in [0.1, 0.15) is 5.75 Å². The smallest absolute Gasteiger partial charge is 0.271 e. The van der Waals surface area contributed by atoms with Gasteiger partial charge in [0, 0.05) is 11.3 Å². The molecule has 7 heteroatoms. The van der Waals surface area contributed by atoms with E-state index < -0.39 is 0 Å². The second-order valence-electron chi connectivity index (χ2n) is 7.41. The number of nitrogens with one attached hydrogen (secondary N) is 2. The summed E-state index contributed by atoms with van der Waals surface area (Å²) in [5.74, 6) is 0.00661. The molecule has 2 N–H and O–H groups in total. The Balaban J connectivity index is 1.53. The molecule has 3 aromatic carbocycles. The number of amides is 2. The number of hydrazone groups is 1. The first-order valence-electron chi connectivity index (χ1n) is 10.0. The number of benzene rings is 3. The maximum Gasteiger partial charge on any atom is 0.271 e. The zero-order chi connectivity index (χ0) is 23.1. The number of hydrogen-bond donors (Lipinski definition) is 2. The van der Waals surface area contributed by atoms with Gasteiger partial charge in [-0.05, 0) is 89.8 Å². The normalized spacial score (nSPS) is 10.8. The molecule has 0 fully saturated rings. The Bertz CT molecular complexity index is 1160. The fraction of sp³-hybridized carbons (Fsp3) is 0.160. The largest absolute Gasteiger partial charge is 0.483 e. The van der Waals surface area contributed by atoms with E-state index in [1.54, 1.807) is 30.3 Å². The second kappa shape index (κ2) is 10.7. The van der Waals surface area contributed by atoms with E-state index in [1.165, 1.54) is 6.21 Å². The lowest BCUT2D eigenvalue weighted by molar-refractivity contribution is -0.118. The summed E-state index contributed by atoms with van der Waals surface area (Å²) in [5, 5.41) is 6.86.